The summed E-state index contributed by atoms with van der Waals surface area (Å²) in [6, 6.07) is 9.89. The highest BCUT2D eigenvalue weighted by Gasteiger charge is 2.33. The number of fused-ring (bicyclic) bond motifs is 1. The highest BCUT2D eigenvalue weighted by atomic mass is 32.1. The molecule has 7 heteroatoms. The Morgan fingerprint density at radius 2 is 1.66 bits per heavy atom. The number of hydrogen-bond donors (Lipinski definition) is 1. The maximum Gasteiger partial charge on any atom is 0.225 e. The van der Waals surface area contributed by atoms with Gasteiger partial charge in [0.2, 0.25) is 5.91 Å². The molecule has 1 aliphatic rings. The summed E-state index contributed by atoms with van der Waals surface area (Å²) in [6.45, 7) is 0. The minimum atomic E-state index is -0.296. The Balaban J connectivity index is 1.84. The summed E-state index contributed by atoms with van der Waals surface area (Å²) < 4.78 is 29.7. The first-order valence-electron chi connectivity index (χ1n) is 9.02. The molecule has 3 aromatic rings. The summed E-state index contributed by atoms with van der Waals surface area (Å²) in [4.78, 5) is 13.6. The molecule has 4 rings (SSSR count). The summed E-state index contributed by atoms with van der Waals surface area (Å²) in [5.41, 5.74) is 3.35. The van der Waals surface area contributed by atoms with Crippen molar-refractivity contribution in [3.05, 3.63) is 58.0 Å². The van der Waals surface area contributed by atoms with Crippen LogP contribution < -0.4 is 19.5 Å². The van der Waals surface area contributed by atoms with Crippen LogP contribution in [0.25, 0.3) is 11.1 Å². The van der Waals surface area contributed by atoms with E-state index in [1.54, 1.807) is 50.9 Å². The third-order valence-electron chi connectivity index (χ3n) is 5.06. The molecule has 150 valence electrons. The lowest BCUT2D eigenvalue weighted by molar-refractivity contribution is -0.116. The molecule has 1 amide bonds. The van der Waals surface area contributed by atoms with E-state index in [2.05, 4.69) is 5.32 Å². The van der Waals surface area contributed by atoms with E-state index in [0.717, 1.165) is 27.3 Å². The van der Waals surface area contributed by atoms with E-state index >= 15 is 0 Å². The van der Waals surface area contributed by atoms with Gasteiger partial charge in [-0.15, -0.1) is 11.3 Å². The largest absolute Gasteiger partial charge is 0.496 e. The number of hydrogen-bond acceptors (Lipinski definition) is 5. The lowest BCUT2D eigenvalue weighted by Crippen LogP contribution is -2.22. The van der Waals surface area contributed by atoms with Crippen molar-refractivity contribution in [1.29, 1.82) is 0 Å². The maximum atomic E-state index is 13.3. The van der Waals surface area contributed by atoms with Crippen molar-refractivity contribution in [3.63, 3.8) is 0 Å². The van der Waals surface area contributed by atoms with Gasteiger partial charge in [-0.1, -0.05) is 12.1 Å². The monoisotopic (exact) mass is 413 g/mol. The van der Waals surface area contributed by atoms with Crippen molar-refractivity contribution in [2.45, 2.75) is 12.3 Å². The molecule has 0 fully saturated rings. The van der Waals surface area contributed by atoms with Crippen LogP contribution in [0.2, 0.25) is 0 Å². The minimum Gasteiger partial charge on any atom is -0.496 e. The molecule has 0 radical (unpaired) electrons. The molecule has 2 heterocycles. The first-order valence-corrected chi connectivity index (χ1v) is 9.90. The van der Waals surface area contributed by atoms with Gasteiger partial charge in [0, 0.05) is 39.8 Å². The number of carbonyl (C=O) groups is 1. The second-order valence-electron chi connectivity index (χ2n) is 6.65. The number of methoxy groups -OCH3 is 3. The van der Waals surface area contributed by atoms with E-state index in [1.807, 2.05) is 11.4 Å². The van der Waals surface area contributed by atoms with Crippen LogP contribution in [0.1, 0.15) is 22.8 Å². The summed E-state index contributed by atoms with van der Waals surface area (Å²) in [5.74, 6) is 1.20. The van der Waals surface area contributed by atoms with Crippen LogP contribution in [0, 0.1) is 5.82 Å². The van der Waals surface area contributed by atoms with Gasteiger partial charge in [-0.2, -0.15) is 0 Å². The van der Waals surface area contributed by atoms with E-state index in [4.69, 9.17) is 14.2 Å². The topological polar surface area (TPSA) is 56.8 Å². The van der Waals surface area contributed by atoms with Crippen LogP contribution >= 0.6 is 11.3 Å². The molecule has 0 spiro atoms. The van der Waals surface area contributed by atoms with Crippen LogP contribution in [0.3, 0.4) is 0 Å². The minimum absolute atomic E-state index is 0.0823. The van der Waals surface area contributed by atoms with Gasteiger partial charge in [-0.3, -0.25) is 4.79 Å². The summed E-state index contributed by atoms with van der Waals surface area (Å²) in [6.07, 6.45) is 0.294. The van der Waals surface area contributed by atoms with Gasteiger partial charge in [-0.05, 0) is 23.8 Å². The molecule has 2 aromatic carbocycles. The molecular formula is C22H20FNO4S. The lowest BCUT2D eigenvalue weighted by atomic mass is 9.88. The van der Waals surface area contributed by atoms with Crippen LogP contribution in [0.15, 0.2) is 41.8 Å². The van der Waals surface area contributed by atoms with Crippen LogP contribution in [0.5, 0.6) is 17.2 Å². The zero-order valence-corrected chi connectivity index (χ0v) is 17.1. The first kappa shape index (κ1) is 19.3. The second-order valence-corrected chi connectivity index (χ2v) is 7.56. The standard InChI is InChI=1S/C22H20FNO4S/c1-26-17-10-19(28-3)18(27-2)8-14(17)15-9-20(25)24-21-16(11-29-22(15)21)12-4-6-13(23)7-5-12/h4-8,10-11,15H,9H2,1-3H3,(H,24,25)/t15-/m1/s1. The van der Waals surface area contributed by atoms with Crippen molar-refractivity contribution < 1.29 is 23.4 Å². The van der Waals surface area contributed by atoms with Gasteiger partial charge in [0.1, 0.15) is 11.6 Å². The second kappa shape index (κ2) is 7.75. The molecule has 5 nitrogen and oxygen atoms in total. The number of amides is 1. The van der Waals surface area contributed by atoms with E-state index in [0.29, 0.717) is 23.7 Å². The number of carbonyl (C=O) groups excluding carboxylic acids is 1. The third kappa shape index (κ3) is 3.42. The molecule has 0 bridgehead atoms. The number of thiophene rings is 1. The quantitative estimate of drug-likeness (QED) is 0.636. The van der Waals surface area contributed by atoms with Gasteiger partial charge >= 0.3 is 0 Å². The predicted octanol–water partition coefficient (Wildman–Crippen LogP) is 5.05. The van der Waals surface area contributed by atoms with Crippen LogP contribution in [0.4, 0.5) is 10.1 Å². The average Bonchev–Trinajstić information content (AvgIpc) is 3.16. The number of nitrogens with one attached hydrogen (secondary N) is 1. The Hall–Kier alpha value is -3.06. The Morgan fingerprint density at radius 3 is 2.31 bits per heavy atom. The number of ether oxygens (including phenoxy) is 3. The van der Waals surface area contributed by atoms with Gasteiger partial charge in [-0.25, -0.2) is 4.39 Å². The third-order valence-corrected chi connectivity index (χ3v) is 6.15. The Morgan fingerprint density at radius 1 is 1.00 bits per heavy atom. The molecule has 1 aliphatic heterocycles. The van der Waals surface area contributed by atoms with Gasteiger partial charge in [0.25, 0.3) is 0 Å². The van der Waals surface area contributed by atoms with E-state index < -0.39 is 0 Å². The fraction of sp³-hybridized carbons (Fsp3) is 0.227. The highest BCUT2D eigenvalue weighted by molar-refractivity contribution is 7.11. The zero-order chi connectivity index (χ0) is 20.5. The average molecular weight is 413 g/mol. The van der Waals surface area contributed by atoms with E-state index in [-0.39, 0.29) is 17.6 Å². The van der Waals surface area contributed by atoms with E-state index in [1.165, 1.54) is 12.1 Å². The van der Waals surface area contributed by atoms with Crippen molar-refractivity contribution in [2.75, 3.05) is 26.6 Å². The Labute approximate surface area is 172 Å². The molecule has 29 heavy (non-hydrogen) atoms. The molecule has 0 saturated heterocycles. The van der Waals surface area contributed by atoms with Crippen LogP contribution in [-0.4, -0.2) is 27.2 Å². The van der Waals surface area contributed by atoms with Gasteiger partial charge < -0.3 is 19.5 Å². The lowest BCUT2D eigenvalue weighted by Gasteiger charge is -2.26. The summed E-state index contributed by atoms with van der Waals surface area (Å²) in [5, 5.41) is 4.98. The summed E-state index contributed by atoms with van der Waals surface area (Å²) >= 11 is 1.56. The number of anilines is 1. The molecule has 0 aliphatic carbocycles. The van der Waals surface area contributed by atoms with Gasteiger partial charge in [0.15, 0.2) is 11.5 Å². The maximum absolute atomic E-state index is 13.3. The van der Waals surface area contributed by atoms with Gasteiger partial charge in [0.05, 0.1) is 27.0 Å². The fourth-order valence-electron chi connectivity index (χ4n) is 3.64. The van der Waals surface area contributed by atoms with Crippen molar-refractivity contribution in [1.82, 2.24) is 0 Å². The number of halogens is 1. The SMILES string of the molecule is COc1cc(OC)c([C@H]2CC(=O)Nc3c(-c4ccc(F)cc4)csc32)cc1OC. The number of benzene rings is 2. The predicted molar refractivity (Wildman–Crippen MR) is 111 cm³/mol. The highest BCUT2D eigenvalue weighted by Crippen LogP contribution is 2.50. The molecule has 0 unspecified atom stereocenters. The molecule has 1 atom stereocenters. The zero-order valence-electron chi connectivity index (χ0n) is 16.2. The normalized spacial score (nSPS) is 15.4. The van der Waals surface area contributed by atoms with Crippen LogP contribution in [-0.2, 0) is 4.79 Å². The number of rotatable bonds is 5. The molecule has 0 saturated carbocycles. The Bertz CT molecular complexity index is 1060. The molecule has 1 aromatic heterocycles. The van der Waals surface area contributed by atoms with Crippen molar-refractivity contribution in [2.24, 2.45) is 0 Å². The molecular weight excluding hydrogens is 393 g/mol. The molecule has 1 N–H and O–H groups in total. The first-order chi connectivity index (χ1) is 14.0. The Kier molecular flexibility index (Phi) is 5.15. The summed E-state index contributed by atoms with van der Waals surface area (Å²) in [7, 11) is 4.73. The fourth-order valence-corrected chi connectivity index (χ4v) is 4.80. The van der Waals surface area contributed by atoms with Crippen molar-refractivity contribution in [3.8, 4) is 28.4 Å². The van der Waals surface area contributed by atoms with Crippen molar-refractivity contribution >= 4 is 22.9 Å². The van der Waals surface area contributed by atoms with E-state index in [9.17, 15) is 9.18 Å². The smallest absolute Gasteiger partial charge is 0.225 e.